The lowest BCUT2D eigenvalue weighted by Gasteiger charge is -2.56. The van der Waals surface area contributed by atoms with Crippen LogP contribution in [0.25, 0.3) is 11.3 Å². The first kappa shape index (κ1) is 48.9. The van der Waals surface area contributed by atoms with Crippen molar-refractivity contribution >= 4 is 40.9 Å². The van der Waals surface area contributed by atoms with E-state index in [2.05, 4.69) is 51.7 Å². The number of carbonyl (C=O) groups is 3. The lowest BCUT2D eigenvalue weighted by atomic mass is 9.56. The molecule has 72 heavy (non-hydrogen) atoms. The molecule has 0 unspecified atom stereocenters. The normalized spacial score (nSPS) is 25.6. The number of likely N-dealkylation sites (tertiary alicyclic amines) is 1. The van der Waals surface area contributed by atoms with E-state index in [1.54, 1.807) is 30.3 Å². The number of β-amino-alcohol motifs (C(OH)–C–C–N with tert-alkyl or cyclic N) is 1. The maximum absolute atomic E-state index is 14.3. The number of nitrogens with zero attached hydrogens (tertiary/aromatic N) is 9. The average molecular weight is 981 g/mol. The molecule has 0 radical (unpaired) electrons. The van der Waals surface area contributed by atoms with Gasteiger partial charge in [0.1, 0.15) is 23.6 Å². The van der Waals surface area contributed by atoms with Gasteiger partial charge in [-0.15, -0.1) is 16.6 Å². The number of aliphatic hydroxyl groups is 1. The summed E-state index contributed by atoms with van der Waals surface area (Å²) >= 11 is 0. The molecular formula is C54H68N12O6. The van der Waals surface area contributed by atoms with Crippen LogP contribution in [0.15, 0.2) is 60.9 Å². The second-order valence-corrected chi connectivity index (χ2v) is 21.8. The Bertz CT molecular complexity index is 2680. The number of nitrogens with one attached hydrogen (secondary N) is 3. The first-order valence-electron chi connectivity index (χ1n) is 25.6. The number of piperazine rings is 2. The minimum atomic E-state index is -0.880. The number of carbonyl (C=O) groups excluding carboxylic acids is 3. The van der Waals surface area contributed by atoms with Crippen LogP contribution in [0.2, 0.25) is 0 Å². The highest BCUT2D eigenvalue weighted by Crippen LogP contribution is 2.54. The number of hydrogen-bond donors (Lipinski definition) is 5. The second-order valence-electron chi connectivity index (χ2n) is 21.8. The number of anilines is 4. The molecule has 2 saturated carbocycles. The van der Waals surface area contributed by atoms with Crippen LogP contribution in [-0.4, -0.2) is 154 Å². The van der Waals surface area contributed by atoms with Crippen molar-refractivity contribution in [2.24, 2.45) is 16.7 Å². The van der Waals surface area contributed by atoms with Gasteiger partial charge in [0.15, 0.2) is 5.82 Å². The van der Waals surface area contributed by atoms with Gasteiger partial charge in [-0.05, 0) is 79.7 Å². The van der Waals surface area contributed by atoms with E-state index in [0.717, 1.165) is 120 Å². The number of benzene rings is 2. The summed E-state index contributed by atoms with van der Waals surface area (Å²) < 4.78 is 5.48. The van der Waals surface area contributed by atoms with Crippen LogP contribution in [0.4, 0.5) is 23.1 Å². The largest absolute Gasteiger partial charge is 0.507 e. The average Bonchev–Trinajstić information content (AvgIpc) is 3.79. The van der Waals surface area contributed by atoms with Gasteiger partial charge in [0.2, 0.25) is 23.7 Å². The van der Waals surface area contributed by atoms with E-state index < -0.39 is 23.6 Å². The molecule has 5 fully saturated rings. The monoisotopic (exact) mass is 981 g/mol. The van der Waals surface area contributed by atoms with Crippen molar-refractivity contribution in [3.63, 3.8) is 0 Å². The van der Waals surface area contributed by atoms with Crippen LogP contribution in [-0.2, 0) is 20.9 Å². The van der Waals surface area contributed by atoms with E-state index in [4.69, 9.17) is 21.1 Å². The quantitative estimate of drug-likeness (QED) is 0.135. The van der Waals surface area contributed by atoms with Gasteiger partial charge in [-0.2, -0.15) is 0 Å². The van der Waals surface area contributed by atoms with Crippen molar-refractivity contribution in [3.8, 4) is 35.1 Å². The Balaban J connectivity index is 0.669. The minimum absolute atomic E-state index is 0.0146. The predicted molar refractivity (Wildman–Crippen MR) is 274 cm³/mol. The van der Waals surface area contributed by atoms with Crippen molar-refractivity contribution in [3.05, 3.63) is 72.1 Å². The number of methoxy groups -OCH3 is 1. The van der Waals surface area contributed by atoms with E-state index in [0.29, 0.717) is 28.6 Å². The molecule has 0 bridgehead atoms. The molecule has 3 saturated heterocycles. The smallest absolute Gasteiger partial charge is 0.246 e. The molecule has 380 valence electrons. The van der Waals surface area contributed by atoms with E-state index in [-0.39, 0.29) is 60.4 Å². The maximum Gasteiger partial charge on any atom is 0.246 e. The predicted octanol–water partition coefficient (Wildman–Crippen LogP) is 4.02. The van der Waals surface area contributed by atoms with Crippen LogP contribution in [0, 0.1) is 29.1 Å². The van der Waals surface area contributed by atoms with Crippen molar-refractivity contribution < 1.29 is 29.3 Å². The number of aromatic nitrogens is 4. The van der Waals surface area contributed by atoms with Gasteiger partial charge in [0.25, 0.3) is 0 Å². The number of hydrogen-bond acceptors (Lipinski definition) is 15. The molecule has 4 atom stereocenters. The molecular weight excluding hydrogens is 913 g/mol. The summed E-state index contributed by atoms with van der Waals surface area (Å²) in [5.74, 6) is 3.77. The Labute approximate surface area is 421 Å². The SMILES string of the molecule is C#Cc1ccc(CNC(=O)[C@@H]2C[C@@H](O)CN2C(=O)[C@@H](NC(=O)C2CCC3(CC2)CC(N2CCN(c4cnc(N5CCN6c7cc(-c8ccccc8O)nnc7NC[C@H]6C5)nc4)CC2)C3)C(C)(C)C)c(OC)c1. The molecule has 3 amide bonds. The van der Waals surface area contributed by atoms with Crippen LogP contribution in [0.1, 0.15) is 76.8 Å². The molecule has 18 nitrogen and oxygen atoms in total. The Morgan fingerprint density at radius 1 is 0.931 bits per heavy atom. The summed E-state index contributed by atoms with van der Waals surface area (Å²) in [7, 11) is 1.54. The first-order chi connectivity index (χ1) is 34.7. The van der Waals surface area contributed by atoms with Crippen LogP contribution < -0.4 is 35.4 Å². The molecule has 6 heterocycles. The lowest BCUT2D eigenvalue weighted by Crippen LogP contribution is -2.59. The maximum atomic E-state index is 14.3. The zero-order chi connectivity index (χ0) is 50.3. The molecule has 6 aliphatic rings. The second kappa shape index (κ2) is 20.1. The van der Waals surface area contributed by atoms with Crippen LogP contribution in [0.5, 0.6) is 11.5 Å². The van der Waals surface area contributed by atoms with Crippen molar-refractivity contribution in [1.82, 2.24) is 40.6 Å². The first-order valence-corrected chi connectivity index (χ1v) is 25.6. The molecule has 2 aromatic carbocycles. The molecule has 10 rings (SSSR count). The Kier molecular flexibility index (Phi) is 13.6. The molecule has 2 aromatic heterocycles. The zero-order valence-corrected chi connectivity index (χ0v) is 41.9. The van der Waals surface area contributed by atoms with Gasteiger partial charge in [-0.1, -0.05) is 44.9 Å². The molecule has 5 N–H and O–H groups in total. The third-order valence-electron chi connectivity index (χ3n) is 16.3. The van der Waals surface area contributed by atoms with Gasteiger partial charge in [0, 0.05) is 101 Å². The van der Waals surface area contributed by atoms with Gasteiger partial charge < -0.3 is 50.5 Å². The van der Waals surface area contributed by atoms with Crippen LogP contribution >= 0.6 is 0 Å². The number of ether oxygens (including phenoxy) is 1. The third-order valence-corrected chi connectivity index (χ3v) is 16.3. The van der Waals surface area contributed by atoms with Gasteiger partial charge >= 0.3 is 0 Å². The fraction of sp³-hybridized carbons (Fsp3) is 0.537. The number of rotatable bonds is 11. The topological polar surface area (TPSA) is 205 Å². The number of aliphatic hydroxyl groups excluding tert-OH is 1. The molecule has 1 spiro atoms. The number of amides is 3. The van der Waals surface area contributed by atoms with Crippen molar-refractivity contribution in [2.75, 3.05) is 86.0 Å². The summed E-state index contributed by atoms with van der Waals surface area (Å²) in [6.07, 6.45) is 14.6. The summed E-state index contributed by atoms with van der Waals surface area (Å²) in [4.78, 5) is 62.7. The van der Waals surface area contributed by atoms with Gasteiger partial charge in [0.05, 0.1) is 48.7 Å². The zero-order valence-electron chi connectivity index (χ0n) is 41.9. The molecule has 18 heteroatoms. The molecule has 4 aliphatic heterocycles. The molecule has 2 aliphatic carbocycles. The summed E-state index contributed by atoms with van der Waals surface area (Å²) in [5, 5.41) is 39.5. The van der Waals surface area contributed by atoms with E-state index in [9.17, 15) is 24.6 Å². The van der Waals surface area contributed by atoms with Gasteiger partial charge in [-0.25, -0.2) is 9.97 Å². The highest BCUT2D eigenvalue weighted by Gasteiger charge is 2.50. The number of phenols is 1. The standard InChI is InChI=1S/C54H68N12O6/c1-6-34-11-12-36(46(23-34)72-5)28-56-50(70)44-24-40(67)33-66(44)51(71)47(53(2,3)4)59-49(69)35-13-15-54(16-14-35)26-37(27-54)62-17-19-63(20-18-62)38-29-57-52(58-30-38)64-21-22-65-39(32-64)31-55-48-43(65)25-42(60-61-48)41-9-7-8-10-45(41)68/h1,7-12,23,25,29-30,35,37,39-40,44,47,67-68H,13-22,24,26-28,31-33H2,2-5H3,(H,55,61)(H,56,70)(H,59,69)/t35?,37?,39-,40+,44-,47+,54?/m0/s1. The Hall–Kier alpha value is -6.71. The van der Waals surface area contributed by atoms with E-state index in [1.807, 2.05) is 51.4 Å². The number of para-hydroxylation sites is 1. The van der Waals surface area contributed by atoms with E-state index >= 15 is 0 Å². The highest BCUT2D eigenvalue weighted by molar-refractivity contribution is 5.93. The molecule has 4 aromatic rings. The third kappa shape index (κ3) is 9.93. The summed E-state index contributed by atoms with van der Waals surface area (Å²) in [5.41, 5.74) is 4.35. The highest BCUT2D eigenvalue weighted by atomic mass is 16.5. The lowest BCUT2D eigenvalue weighted by molar-refractivity contribution is -0.145. The minimum Gasteiger partial charge on any atom is -0.507 e. The van der Waals surface area contributed by atoms with Crippen molar-refractivity contribution in [1.29, 1.82) is 0 Å². The summed E-state index contributed by atoms with van der Waals surface area (Å²) in [6, 6.07) is 13.5. The van der Waals surface area contributed by atoms with Crippen LogP contribution in [0.3, 0.4) is 0 Å². The number of terminal acetylenes is 1. The van der Waals surface area contributed by atoms with E-state index in [1.165, 1.54) is 12.0 Å². The Morgan fingerprint density at radius 2 is 1.67 bits per heavy atom. The van der Waals surface area contributed by atoms with Gasteiger partial charge in [-0.3, -0.25) is 19.3 Å². The fourth-order valence-corrected chi connectivity index (χ4v) is 12.0. The Morgan fingerprint density at radius 3 is 2.38 bits per heavy atom. The number of phenolic OH excluding ortho intramolecular Hbond substituents is 1. The number of fused-ring (bicyclic) bond motifs is 3. The fourth-order valence-electron chi connectivity index (χ4n) is 12.0. The van der Waals surface area contributed by atoms with Crippen molar-refractivity contribution in [2.45, 2.75) is 103 Å². The number of aromatic hydroxyl groups is 1. The summed E-state index contributed by atoms with van der Waals surface area (Å²) in [6.45, 7) is 12.8.